The molecule has 1 aromatic carbocycles. The first-order valence-electron chi connectivity index (χ1n) is 10.9. The summed E-state index contributed by atoms with van der Waals surface area (Å²) in [6, 6.07) is 7.74. The third-order valence-corrected chi connectivity index (χ3v) is 7.22. The Kier molecular flexibility index (Phi) is 6.47. The highest BCUT2D eigenvalue weighted by Crippen LogP contribution is 2.44. The van der Waals surface area contributed by atoms with E-state index in [0.717, 1.165) is 34.2 Å². The van der Waals surface area contributed by atoms with Crippen LogP contribution in [0.2, 0.25) is 5.02 Å². The first kappa shape index (κ1) is 19.6. The molecule has 0 amide bonds. The van der Waals surface area contributed by atoms with Gasteiger partial charge in [0.25, 0.3) is 0 Å². The number of aromatic nitrogens is 2. The van der Waals surface area contributed by atoms with Crippen molar-refractivity contribution in [1.82, 2.24) is 9.97 Å². The number of rotatable bonds is 4. The summed E-state index contributed by atoms with van der Waals surface area (Å²) in [4.78, 5) is 9.26. The smallest absolute Gasteiger partial charge is 0.159 e. The highest BCUT2D eigenvalue weighted by atomic mass is 35.5. The Bertz CT molecular complexity index is 765. The summed E-state index contributed by atoms with van der Waals surface area (Å²) >= 11 is 5.97. The van der Waals surface area contributed by atoms with Crippen LogP contribution >= 0.6 is 11.6 Å². The van der Waals surface area contributed by atoms with Gasteiger partial charge in [-0.1, -0.05) is 23.8 Å². The van der Waals surface area contributed by atoms with Gasteiger partial charge in [-0.3, -0.25) is 0 Å². The monoisotopic (exact) mass is 394 g/mol. The molecule has 3 heteroatoms. The maximum absolute atomic E-state index is 5.97. The molecule has 2 aromatic rings. The number of halogens is 1. The Morgan fingerprint density at radius 2 is 1.39 bits per heavy atom. The van der Waals surface area contributed by atoms with Gasteiger partial charge in [-0.25, -0.2) is 9.97 Å². The fraction of sp³-hybridized carbons (Fsp3) is 0.520. The zero-order chi connectivity index (χ0) is 19.3. The molecule has 28 heavy (non-hydrogen) atoms. The molecule has 0 atom stereocenters. The van der Waals surface area contributed by atoms with Crippen molar-refractivity contribution in [1.29, 1.82) is 0 Å². The van der Waals surface area contributed by atoms with Crippen molar-refractivity contribution in [2.75, 3.05) is 0 Å². The standard InChI is InChI=1S/C25H31ClN2/c1-2-3-18-4-6-19(7-5-18)20-8-10-21(11-9-20)23-16-27-25(28-17-23)22-12-14-24(26)15-13-22/h2-3,12-21H,4-11H2,1H3/b3-2+/t18-,19-,20?,21?. The van der Waals surface area contributed by atoms with Crippen molar-refractivity contribution >= 4 is 11.6 Å². The molecule has 2 nitrogen and oxygen atoms in total. The summed E-state index contributed by atoms with van der Waals surface area (Å²) < 4.78 is 0. The van der Waals surface area contributed by atoms with Crippen molar-refractivity contribution in [3.05, 3.63) is 59.4 Å². The lowest BCUT2D eigenvalue weighted by Crippen LogP contribution is -2.25. The number of hydrogen-bond donors (Lipinski definition) is 0. The highest BCUT2D eigenvalue weighted by molar-refractivity contribution is 6.30. The van der Waals surface area contributed by atoms with Crippen molar-refractivity contribution in [2.45, 2.75) is 64.2 Å². The fourth-order valence-corrected chi connectivity index (χ4v) is 5.43. The second-order valence-corrected chi connectivity index (χ2v) is 9.10. The van der Waals surface area contributed by atoms with E-state index < -0.39 is 0 Å². The van der Waals surface area contributed by atoms with Crippen LogP contribution in [-0.4, -0.2) is 9.97 Å². The minimum Gasteiger partial charge on any atom is -0.236 e. The van der Waals surface area contributed by atoms with E-state index in [0.29, 0.717) is 5.92 Å². The maximum atomic E-state index is 5.97. The lowest BCUT2D eigenvalue weighted by Gasteiger charge is -2.37. The molecule has 0 unspecified atom stereocenters. The lowest BCUT2D eigenvalue weighted by molar-refractivity contribution is 0.171. The van der Waals surface area contributed by atoms with Gasteiger partial charge in [0.2, 0.25) is 0 Å². The molecular weight excluding hydrogens is 364 g/mol. The van der Waals surface area contributed by atoms with Crippen molar-refractivity contribution in [3.8, 4) is 11.4 Å². The van der Waals surface area contributed by atoms with E-state index in [4.69, 9.17) is 11.6 Å². The van der Waals surface area contributed by atoms with Gasteiger partial charge in [0.1, 0.15) is 0 Å². The van der Waals surface area contributed by atoms with Gasteiger partial charge in [-0.2, -0.15) is 0 Å². The van der Waals surface area contributed by atoms with Crippen LogP contribution in [0.4, 0.5) is 0 Å². The van der Waals surface area contributed by atoms with E-state index in [1.807, 2.05) is 36.7 Å². The number of benzene rings is 1. The fourth-order valence-electron chi connectivity index (χ4n) is 5.30. The quantitative estimate of drug-likeness (QED) is 0.503. The van der Waals surface area contributed by atoms with Crippen molar-refractivity contribution in [2.24, 2.45) is 17.8 Å². The molecule has 2 aliphatic rings. The van der Waals surface area contributed by atoms with Gasteiger partial charge in [0.05, 0.1) is 0 Å². The first-order chi connectivity index (χ1) is 13.7. The first-order valence-corrected chi connectivity index (χ1v) is 11.3. The van der Waals surface area contributed by atoms with Crippen LogP contribution in [0.3, 0.4) is 0 Å². The van der Waals surface area contributed by atoms with E-state index in [9.17, 15) is 0 Å². The zero-order valence-corrected chi connectivity index (χ0v) is 17.6. The highest BCUT2D eigenvalue weighted by Gasteiger charge is 2.30. The van der Waals surface area contributed by atoms with Crippen molar-refractivity contribution in [3.63, 3.8) is 0 Å². The average Bonchev–Trinajstić information content (AvgIpc) is 2.75. The van der Waals surface area contributed by atoms with E-state index in [2.05, 4.69) is 29.0 Å². The average molecular weight is 395 g/mol. The van der Waals surface area contributed by atoms with E-state index in [1.165, 1.54) is 56.9 Å². The Hall–Kier alpha value is -1.67. The van der Waals surface area contributed by atoms with Crippen LogP contribution in [0.25, 0.3) is 11.4 Å². The summed E-state index contributed by atoms with van der Waals surface area (Å²) in [5.74, 6) is 4.17. The molecule has 1 aromatic heterocycles. The molecule has 0 aliphatic heterocycles. The summed E-state index contributed by atoms with van der Waals surface area (Å²) in [6.45, 7) is 2.15. The minimum absolute atomic E-state index is 0.634. The van der Waals surface area contributed by atoms with Gasteiger partial charge < -0.3 is 0 Å². The SMILES string of the molecule is C/C=C/[C@H]1CC[C@H](C2CCC(c3cnc(-c4ccc(Cl)cc4)nc3)CC2)CC1. The molecule has 2 saturated carbocycles. The number of allylic oxidation sites excluding steroid dienone is 2. The summed E-state index contributed by atoms with van der Waals surface area (Å²) in [7, 11) is 0. The third kappa shape index (κ3) is 4.66. The molecule has 0 radical (unpaired) electrons. The van der Waals surface area contributed by atoms with Crippen molar-refractivity contribution < 1.29 is 0 Å². The van der Waals surface area contributed by atoms with Crippen LogP contribution in [-0.2, 0) is 0 Å². The van der Waals surface area contributed by atoms with E-state index >= 15 is 0 Å². The van der Waals surface area contributed by atoms with E-state index in [1.54, 1.807) is 0 Å². The normalized spacial score (nSPS) is 28.5. The van der Waals surface area contributed by atoms with Crippen LogP contribution in [0.5, 0.6) is 0 Å². The summed E-state index contributed by atoms with van der Waals surface area (Å²) in [5.41, 5.74) is 2.33. The van der Waals surface area contributed by atoms with Gasteiger partial charge in [-0.05, 0) is 112 Å². The molecular formula is C25H31ClN2. The second kappa shape index (κ2) is 9.22. The number of hydrogen-bond acceptors (Lipinski definition) is 2. The predicted octanol–water partition coefficient (Wildman–Crippen LogP) is 7.45. The largest absolute Gasteiger partial charge is 0.236 e. The molecule has 1 heterocycles. The lowest BCUT2D eigenvalue weighted by atomic mass is 9.68. The topological polar surface area (TPSA) is 25.8 Å². The molecule has 0 N–H and O–H groups in total. The van der Waals surface area contributed by atoms with Crippen LogP contribution in [0.1, 0.15) is 69.8 Å². The Balaban J connectivity index is 1.31. The summed E-state index contributed by atoms with van der Waals surface area (Å²) in [6.07, 6.45) is 19.7. The molecule has 0 bridgehead atoms. The number of nitrogens with zero attached hydrogens (tertiary/aromatic N) is 2. The van der Waals surface area contributed by atoms with Gasteiger partial charge in [0.15, 0.2) is 5.82 Å². The Labute approximate surface area is 174 Å². The van der Waals surface area contributed by atoms with Crippen LogP contribution < -0.4 is 0 Å². The molecule has 148 valence electrons. The second-order valence-electron chi connectivity index (χ2n) is 8.66. The third-order valence-electron chi connectivity index (χ3n) is 6.97. The summed E-state index contributed by atoms with van der Waals surface area (Å²) in [5, 5.41) is 0.743. The molecule has 0 spiro atoms. The van der Waals surface area contributed by atoms with Gasteiger partial charge >= 0.3 is 0 Å². The minimum atomic E-state index is 0.634. The van der Waals surface area contributed by atoms with E-state index in [-0.39, 0.29) is 0 Å². The predicted molar refractivity (Wildman–Crippen MR) is 117 cm³/mol. The molecule has 2 aliphatic carbocycles. The maximum Gasteiger partial charge on any atom is 0.159 e. The zero-order valence-electron chi connectivity index (χ0n) is 16.9. The Morgan fingerprint density at radius 1 is 0.821 bits per heavy atom. The van der Waals surface area contributed by atoms with Crippen LogP contribution in [0, 0.1) is 17.8 Å². The van der Waals surface area contributed by atoms with Gasteiger partial charge in [-0.15, -0.1) is 0 Å². The molecule has 4 rings (SSSR count). The molecule has 2 fully saturated rings. The molecule has 0 saturated heterocycles. The Morgan fingerprint density at radius 3 is 1.96 bits per heavy atom. The van der Waals surface area contributed by atoms with Gasteiger partial charge in [0, 0.05) is 23.0 Å². The van der Waals surface area contributed by atoms with Crippen LogP contribution in [0.15, 0.2) is 48.8 Å².